The Morgan fingerprint density at radius 1 is 1.62 bits per heavy atom. The summed E-state index contributed by atoms with van der Waals surface area (Å²) < 4.78 is 0. The van der Waals surface area contributed by atoms with Gasteiger partial charge in [0.25, 0.3) is 0 Å². The molecule has 0 aromatic heterocycles. The Morgan fingerprint density at radius 3 is 2.54 bits per heavy atom. The molecule has 72 valence electrons. The van der Waals surface area contributed by atoms with Crippen molar-refractivity contribution in [1.29, 1.82) is 0 Å². The molecule has 1 N–H and O–H groups in total. The Kier molecular flexibility index (Phi) is 2.65. The quantitative estimate of drug-likeness (QED) is 0.610. The first-order valence-corrected chi connectivity index (χ1v) is 4.10. The van der Waals surface area contributed by atoms with Crippen LogP contribution < -0.4 is 0 Å². The van der Waals surface area contributed by atoms with Crippen LogP contribution in [0.1, 0.15) is 19.8 Å². The van der Waals surface area contributed by atoms with Crippen molar-refractivity contribution >= 4 is 17.7 Å². The van der Waals surface area contributed by atoms with Gasteiger partial charge in [0.2, 0.25) is 5.91 Å². The largest absolute Gasteiger partial charge is 0.480 e. The standard InChI is InChI=1S/C8H11NO4/c1-2-6(8(12)13)9-4-5(10)3-7(9)11/h6H,2-4H2,1H3,(H,12,13)/t6-/m0/s1. The van der Waals surface area contributed by atoms with Crippen molar-refractivity contribution in [2.75, 3.05) is 6.54 Å². The average molecular weight is 185 g/mol. The molecule has 0 spiro atoms. The SMILES string of the molecule is CC[C@@H](C(=O)O)N1CC(=O)CC1=O. The first-order chi connectivity index (χ1) is 6.06. The van der Waals surface area contributed by atoms with Gasteiger partial charge in [-0.1, -0.05) is 6.92 Å². The zero-order valence-electron chi connectivity index (χ0n) is 7.32. The lowest BCUT2D eigenvalue weighted by molar-refractivity contribution is -0.148. The molecule has 0 aromatic carbocycles. The molecule has 0 bridgehead atoms. The van der Waals surface area contributed by atoms with E-state index >= 15 is 0 Å². The molecular weight excluding hydrogens is 174 g/mol. The second-order valence-corrected chi connectivity index (χ2v) is 3.00. The molecule has 0 unspecified atom stereocenters. The van der Waals surface area contributed by atoms with Crippen LogP contribution in [-0.4, -0.2) is 40.3 Å². The number of Topliss-reactive ketones (excluding diaryl/α,β-unsaturated/α-hetero) is 1. The molecule has 1 fully saturated rings. The molecule has 1 heterocycles. The fourth-order valence-corrected chi connectivity index (χ4v) is 1.42. The van der Waals surface area contributed by atoms with Crippen molar-refractivity contribution in [3.8, 4) is 0 Å². The van der Waals surface area contributed by atoms with Gasteiger partial charge < -0.3 is 10.0 Å². The third-order valence-corrected chi connectivity index (χ3v) is 2.06. The number of aliphatic carboxylic acids is 1. The van der Waals surface area contributed by atoms with E-state index in [0.29, 0.717) is 6.42 Å². The van der Waals surface area contributed by atoms with Gasteiger partial charge in [0, 0.05) is 0 Å². The molecule has 1 saturated heterocycles. The summed E-state index contributed by atoms with van der Waals surface area (Å²) in [4.78, 5) is 33.8. The molecule has 1 aliphatic heterocycles. The maximum atomic E-state index is 11.1. The van der Waals surface area contributed by atoms with E-state index in [2.05, 4.69) is 0 Å². The fraction of sp³-hybridized carbons (Fsp3) is 0.625. The van der Waals surface area contributed by atoms with E-state index in [9.17, 15) is 14.4 Å². The van der Waals surface area contributed by atoms with Crippen molar-refractivity contribution < 1.29 is 19.5 Å². The van der Waals surface area contributed by atoms with Crippen LogP contribution in [0.25, 0.3) is 0 Å². The number of ketones is 1. The molecule has 0 saturated carbocycles. The molecule has 0 aliphatic carbocycles. The normalized spacial score (nSPS) is 19.3. The molecular formula is C8H11NO4. The van der Waals surface area contributed by atoms with Crippen LogP contribution >= 0.6 is 0 Å². The lowest BCUT2D eigenvalue weighted by Crippen LogP contribution is -2.41. The van der Waals surface area contributed by atoms with Gasteiger partial charge >= 0.3 is 5.97 Å². The summed E-state index contributed by atoms with van der Waals surface area (Å²) in [5, 5.41) is 8.73. The van der Waals surface area contributed by atoms with Gasteiger partial charge in [-0.15, -0.1) is 0 Å². The van der Waals surface area contributed by atoms with E-state index in [0.717, 1.165) is 4.90 Å². The number of hydrogen-bond donors (Lipinski definition) is 1. The number of carbonyl (C=O) groups excluding carboxylic acids is 2. The molecule has 13 heavy (non-hydrogen) atoms. The highest BCUT2D eigenvalue weighted by atomic mass is 16.4. The first kappa shape index (κ1) is 9.70. The molecule has 0 aromatic rings. The molecule has 0 radical (unpaired) electrons. The molecule has 1 aliphatic rings. The maximum absolute atomic E-state index is 11.1. The minimum absolute atomic E-state index is 0.0519. The van der Waals surface area contributed by atoms with Crippen LogP contribution in [-0.2, 0) is 14.4 Å². The van der Waals surface area contributed by atoms with Crippen LogP contribution in [0.15, 0.2) is 0 Å². The van der Waals surface area contributed by atoms with Crippen molar-refractivity contribution in [3.63, 3.8) is 0 Å². The summed E-state index contributed by atoms with van der Waals surface area (Å²) in [6.45, 7) is 1.62. The first-order valence-electron chi connectivity index (χ1n) is 4.10. The Hall–Kier alpha value is -1.39. The number of likely N-dealkylation sites (tertiary alicyclic amines) is 1. The van der Waals surface area contributed by atoms with E-state index in [1.165, 1.54) is 0 Å². The van der Waals surface area contributed by atoms with E-state index < -0.39 is 12.0 Å². The van der Waals surface area contributed by atoms with Crippen molar-refractivity contribution in [1.82, 2.24) is 4.90 Å². The Labute approximate surface area is 75.3 Å². The number of hydrogen-bond acceptors (Lipinski definition) is 3. The van der Waals surface area contributed by atoms with Gasteiger partial charge in [0.15, 0.2) is 5.78 Å². The lowest BCUT2D eigenvalue weighted by Gasteiger charge is -2.21. The van der Waals surface area contributed by atoms with Gasteiger partial charge in [-0.25, -0.2) is 4.79 Å². The van der Waals surface area contributed by atoms with Crippen molar-refractivity contribution in [2.24, 2.45) is 0 Å². The Balaban J connectivity index is 2.75. The molecule has 5 nitrogen and oxygen atoms in total. The Bertz CT molecular complexity index is 261. The number of nitrogens with zero attached hydrogens (tertiary/aromatic N) is 1. The number of rotatable bonds is 3. The van der Waals surface area contributed by atoms with Gasteiger partial charge in [-0.3, -0.25) is 9.59 Å². The summed E-state index contributed by atoms with van der Waals surface area (Å²) in [6, 6.07) is -0.848. The molecule has 1 amide bonds. The van der Waals surface area contributed by atoms with Crippen LogP contribution in [0.3, 0.4) is 0 Å². The van der Waals surface area contributed by atoms with Crippen molar-refractivity contribution in [3.05, 3.63) is 0 Å². The number of carboxylic acid groups (broad SMARTS) is 1. The third-order valence-electron chi connectivity index (χ3n) is 2.06. The second-order valence-electron chi connectivity index (χ2n) is 3.00. The van der Waals surface area contributed by atoms with Crippen LogP contribution in [0.5, 0.6) is 0 Å². The third kappa shape index (κ3) is 1.85. The summed E-state index contributed by atoms with van der Waals surface area (Å²) in [7, 11) is 0. The zero-order chi connectivity index (χ0) is 10.0. The fourth-order valence-electron chi connectivity index (χ4n) is 1.42. The summed E-state index contributed by atoms with van der Waals surface area (Å²) in [6.07, 6.45) is 0.179. The monoisotopic (exact) mass is 185 g/mol. The highest BCUT2D eigenvalue weighted by Crippen LogP contribution is 2.13. The van der Waals surface area contributed by atoms with Gasteiger partial charge in [-0.05, 0) is 6.42 Å². The van der Waals surface area contributed by atoms with Crippen molar-refractivity contribution in [2.45, 2.75) is 25.8 Å². The molecule has 1 atom stereocenters. The predicted molar refractivity (Wildman–Crippen MR) is 43.1 cm³/mol. The molecule has 5 heteroatoms. The van der Waals surface area contributed by atoms with Crippen LogP contribution in [0.2, 0.25) is 0 Å². The number of amides is 1. The van der Waals surface area contributed by atoms with E-state index in [1.807, 2.05) is 0 Å². The number of carboxylic acids is 1. The minimum Gasteiger partial charge on any atom is -0.480 e. The summed E-state index contributed by atoms with van der Waals surface area (Å²) in [5.41, 5.74) is 0. The highest BCUT2D eigenvalue weighted by Gasteiger charge is 2.35. The van der Waals surface area contributed by atoms with Crippen LogP contribution in [0.4, 0.5) is 0 Å². The zero-order valence-corrected chi connectivity index (χ0v) is 7.32. The summed E-state index contributed by atoms with van der Waals surface area (Å²) in [5.74, 6) is -1.63. The minimum atomic E-state index is -1.05. The molecule has 1 rings (SSSR count). The summed E-state index contributed by atoms with van der Waals surface area (Å²) >= 11 is 0. The van der Waals surface area contributed by atoms with Gasteiger partial charge in [0.1, 0.15) is 6.04 Å². The Morgan fingerprint density at radius 2 is 2.23 bits per heavy atom. The van der Waals surface area contributed by atoms with E-state index in [4.69, 9.17) is 5.11 Å². The highest BCUT2D eigenvalue weighted by molar-refractivity contribution is 6.06. The van der Waals surface area contributed by atoms with E-state index in [1.54, 1.807) is 6.92 Å². The van der Waals surface area contributed by atoms with Gasteiger partial charge in [-0.2, -0.15) is 0 Å². The predicted octanol–water partition coefficient (Wildman–Crippen LogP) is -0.349. The maximum Gasteiger partial charge on any atom is 0.326 e. The number of carbonyl (C=O) groups is 3. The lowest BCUT2D eigenvalue weighted by atomic mass is 10.2. The average Bonchev–Trinajstić information content (AvgIpc) is 2.31. The smallest absolute Gasteiger partial charge is 0.326 e. The second kappa shape index (κ2) is 3.55. The van der Waals surface area contributed by atoms with Crippen LogP contribution in [0, 0.1) is 0 Å². The van der Waals surface area contributed by atoms with E-state index in [-0.39, 0.29) is 24.7 Å². The topological polar surface area (TPSA) is 74.7 Å². The van der Waals surface area contributed by atoms with Gasteiger partial charge in [0.05, 0.1) is 13.0 Å².